The second kappa shape index (κ2) is 7.67. The van der Waals surface area contributed by atoms with Gasteiger partial charge in [0.15, 0.2) is 0 Å². The molecular formula is C15H23NO3. The van der Waals surface area contributed by atoms with Crippen molar-refractivity contribution in [2.45, 2.75) is 52.1 Å². The first-order valence-corrected chi connectivity index (χ1v) is 6.84. The molecule has 0 aliphatic carbocycles. The lowest BCUT2D eigenvalue weighted by molar-refractivity contribution is 0.0689. The number of ether oxygens (including phenoxy) is 1. The third kappa shape index (κ3) is 5.20. The molecule has 0 saturated carbocycles. The molecule has 19 heavy (non-hydrogen) atoms. The van der Waals surface area contributed by atoms with Gasteiger partial charge in [-0.05, 0) is 38.0 Å². The number of unbranched alkanes of at least 4 members (excludes halogenated alkanes) is 3. The van der Waals surface area contributed by atoms with E-state index in [4.69, 9.17) is 15.6 Å². The molecular weight excluding hydrogens is 242 g/mol. The maximum Gasteiger partial charge on any atom is 0.339 e. The van der Waals surface area contributed by atoms with Gasteiger partial charge in [0, 0.05) is 5.69 Å². The van der Waals surface area contributed by atoms with Crippen LogP contribution in [-0.4, -0.2) is 17.2 Å². The van der Waals surface area contributed by atoms with Gasteiger partial charge >= 0.3 is 5.97 Å². The van der Waals surface area contributed by atoms with Gasteiger partial charge in [-0.25, -0.2) is 4.79 Å². The summed E-state index contributed by atoms with van der Waals surface area (Å²) in [5.41, 5.74) is 6.15. The third-order valence-electron chi connectivity index (χ3n) is 3.03. The summed E-state index contributed by atoms with van der Waals surface area (Å²) in [5.74, 6) is -0.620. The fourth-order valence-corrected chi connectivity index (χ4v) is 1.95. The minimum Gasteiger partial charge on any atom is -0.490 e. The molecule has 1 unspecified atom stereocenters. The molecule has 106 valence electrons. The Hall–Kier alpha value is -1.71. The summed E-state index contributed by atoms with van der Waals surface area (Å²) in [6, 6.07) is 4.72. The topological polar surface area (TPSA) is 72.5 Å². The zero-order valence-electron chi connectivity index (χ0n) is 11.7. The molecule has 0 fully saturated rings. The van der Waals surface area contributed by atoms with Crippen molar-refractivity contribution in [3.63, 3.8) is 0 Å². The van der Waals surface area contributed by atoms with Crippen LogP contribution in [0.15, 0.2) is 18.2 Å². The van der Waals surface area contributed by atoms with E-state index in [9.17, 15) is 4.79 Å². The first-order valence-electron chi connectivity index (χ1n) is 6.84. The average Bonchev–Trinajstić information content (AvgIpc) is 2.36. The normalized spacial score (nSPS) is 12.1. The molecule has 1 aromatic rings. The number of hydrogen-bond acceptors (Lipinski definition) is 3. The highest BCUT2D eigenvalue weighted by Gasteiger charge is 2.14. The molecule has 3 N–H and O–H groups in total. The zero-order valence-corrected chi connectivity index (χ0v) is 11.7. The van der Waals surface area contributed by atoms with E-state index in [1.807, 2.05) is 6.92 Å². The van der Waals surface area contributed by atoms with Gasteiger partial charge in [-0.3, -0.25) is 0 Å². The number of nitrogens with two attached hydrogens (primary N) is 1. The van der Waals surface area contributed by atoms with Gasteiger partial charge in [0.1, 0.15) is 11.3 Å². The largest absolute Gasteiger partial charge is 0.490 e. The van der Waals surface area contributed by atoms with Gasteiger partial charge in [0.05, 0.1) is 6.10 Å². The van der Waals surface area contributed by atoms with Crippen LogP contribution in [0, 0.1) is 0 Å². The molecule has 0 bridgehead atoms. The standard InChI is InChI=1S/C15H23NO3/c1-3-4-5-6-7-11(2)19-14-9-8-12(16)10-13(14)15(17)18/h8-11H,3-7,16H2,1-2H3,(H,17,18). The number of nitrogen functional groups attached to an aromatic ring is 1. The molecule has 0 spiro atoms. The lowest BCUT2D eigenvalue weighted by Gasteiger charge is -2.16. The van der Waals surface area contributed by atoms with Gasteiger partial charge in [-0.2, -0.15) is 0 Å². The second-order valence-electron chi connectivity index (χ2n) is 4.84. The summed E-state index contributed by atoms with van der Waals surface area (Å²) >= 11 is 0. The summed E-state index contributed by atoms with van der Waals surface area (Å²) in [6.45, 7) is 4.14. The molecule has 1 rings (SSSR count). The average molecular weight is 265 g/mol. The lowest BCUT2D eigenvalue weighted by Crippen LogP contribution is -2.14. The highest BCUT2D eigenvalue weighted by molar-refractivity contribution is 5.92. The predicted octanol–water partition coefficient (Wildman–Crippen LogP) is 3.70. The fraction of sp³-hybridized carbons (Fsp3) is 0.533. The van der Waals surface area contributed by atoms with E-state index in [1.54, 1.807) is 12.1 Å². The molecule has 0 amide bonds. The molecule has 0 radical (unpaired) electrons. The van der Waals surface area contributed by atoms with Crippen molar-refractivity contribution in [3.8, 4) is 5.75 Å². The molecule has 0 aliphatic rings. The van der Waals surface area contributed by atoms with Crippen molar-refractivity contribution in [1.29, 1.82) is 0 Å². The van der Waals surface area contributed by atoms with Gasteiger partial charge in [0.2, 0.25) is 0 Å². The number of anilines is 1. The lowest BCUT2D eigenvalue weighted by atomic mass is 10.1. The van der Waals surface area contributed by atoms with Crippen molar-refractivity contribution in [2.75, 3.05) is 5.73 Å². The van der Waals surface area contributed by atoms with E-state index in [0.29, 0.717) is 11.4 Å². The highest BCUT2D eigenvalue weighted by atomic mass is 16.5. The van der Waals surface area contributed by atoms with Crippen molar-refractivity contribution >= 4 is 11.7 Å². The number of hydrogen-bond donors (Lipinski definition) is 2. The minimum atomic E-state index is -1.01. The van der Waals surface area contributed by atoms with Crippen molar-refractivity contribution in [3.05, 3.63) is 23.8 Å². The van der Waals surface area contributed by atoms with Crippen LogP contribution in [0.4, 0.5) is 5.69 Å². The molecule has 1 aromatic carbocycles. The first kappa shape index (κ1) is 15.3. The Balaban J connectivity index is 2.58. The SMILES string of the molecule is CCCCCCC(C)Oc1ccc(N)cc1C(=O)O. The summed E-state index contributed by atoms with van der Waals surface area (Å²) in [7, 11) is 0. The van der Waals surface area contributed by atoms with Crippen LogP contribution in [-0.2, 0) is 0 Å². The van der Waals surface area contributed by atoms with Crippen LogP contribution >= 0.6 is 0 Å². The maximum atomic E-state index is 11.1. The van der Waals surface area contributed by atoms with E-state index >= 15 is 0 Å². The van der Waals surface area contributed by atoms with E-state index < -0.39 is 5.97 Å². The Labute approximate surface area is 114 Å². The molecule has 4 heteroatoms. The van der Waals surface area contributed by atoms with Crippen LogP contribution in [0.2, 0.25) is 0 Å². The van der Waals surface area contributed by atoms with Crippen molar-refractivity contribution in [1.82, 2.24) is 0 Å². The quantitative estimate of drug-likeness (QED) is 0.555. The Morgan fingerprint density at radius 1 is 1.37 bits per heavy atom. The molecule has 0 aliphatic heterocycles. The fourth-order valence-electron chi connectivity index (χ4n) is 1.95. The number of carboxylic acids is 1. The predicted molar refractivity (Wildman–Crippen MR) is 76.7 cm³/mol. The van der Waals surface area contributed by atoms with Crippen LogP contribution in [0.1, 0.15) is 56.3 Å². The summed E-state index contributed by atoms with van der Waals surface area (Å²) in [6.07, 6.45) is 5.68. The molecule has 0 saturated heterocycles. The molecule has 0 aromatic heterocycles. The maximum absolute atomic E-state index is 11.1. The van der Waals surface area contributed by atoms with Crippen molar-refractivity contribution < 1.29 is 14.6 Å². The van der Waals surface area contributed by atoms with Gasteiger partial charge < -0.3 is 15.6 Å². The van der Waals surface area contributed by atoms with Crippen LogP contribution in [0.5, 0.6) is 5.75 Å². The summed E-state index contributed by atoms with van der Waals surface area (Å²) < 4.78 is 5.71. The van der Waals surface area contributed by atoms with Crippen LogP contribution in [0.25, 0.3) is 0 Å². The highest BCUT2D eigenvalue weighted by Crippen LogP contribution is 2.23. The van der Waals surface area contributed by atoms with Gasteiger partial charge in [-0.1, -0.05) is 26.2 Å². The monoisotopic (exact) mass is 265 g/mol. The third-order valence-corrected chi connectivity index (χ3v) is 3.03. The van der Waals surface area contributed by atoms with E-state index in [0.717, 1.165) is 12.8 Å². The van der Waals surface area contributed by atoms with E-state index in [2.05, 4.69) is 6.92 Å². The number of carboxylic acid groups (broad SMARTS) is 1. The molecule has 0 heterocycles. The number of carbonyl (C=O) groups is 1. The number of aromatic carboxylic acids is 1. The summed E-state index contributed by atoms with van der Waals surface area (Å²) in [4.78, 5) is 11.1. The van der Waals surface area contributed by atoms with Gasteiger partial charge in [0.25, 0.3) is 0 Å². The van der Waals surface area contributed by atoms with Gasteiger partial charge in [-0.15, -0.1) is 0 Å². The first-order chi connectivity index (χ1) is 9.04. The zero-order chi connectivity index (χ0) is 14.3. The smallest absolute Gasteiger partial charge is 0.339 e. The van der Waals surface area contributed by atoms with E-state index in [-0.39, 0.29) is 11.7 Å². The van der Waals surface area contributed by atoms with Crippen LogP contribution < -0.4 is 10.5 Å². The number of rotatable bonds is 8. The van der Waals surface area contributed by atoms with Crippen molar-refractivity contribution in [2.24, 2.45) is 0 Å². The van der Waals surface area contributed by atoms with E-state index in [1.165, 1.54) is 25.3 Å². The molecule has 4 nitrogen and oxygen atoms in total. The number of benzene rings is 1. The van der Waals surface area contributed by atoms with Crippen LogP contribution in [0.3, 0.4) is 0 Å². The Morgan fingerprint density at radius 3 is 2.74 bits per heavy atom. The second-order valence-corrected chi connectivity index (χ2v) is 4.84. The Bertz CT molecular complexity index is 418. The Morgan fingerprint density at radius 2 is 2.11 bits per heavy atom. The minimum absolute atomic E-state index is 0.0126. The summed E-state index contributed by atoms with van der Waals surface area (Å²) in [5, 5.41) is 9.11. The molecule has 1 atom stereocenters. The Kier molecular flexibility index (Phi) is 6.19.